The zero-order valence-corrected chi connectivity index (χ0v) is 15.0. The average molecular weight is 402 g/mol. The maximum Gasteiger partial charge on any atom is 0.261 e. The molecule has 2 rings (SSSR count). The molecule has 0 bridgehead atoms. The number of carbonyl (C=O) groups excluding carboxylic acids is 2. The number of hydrogen-bond donors (Lipinski definition) is 3. The minimum absolute atomic E-state index is 0.0346. The topological polar surface area (TPSA) is 118 Å². The summed E-state index contributed by atoms with van der Waals surface area (Å²) in [5.41, 5.74) is 5.16. The van der Waals surface area contributed by atoms with E-state index in [4.69, 9.17) is 28.9 Å². The molecule has 2 amide bonds. The molecule has 0 aliphatic heterocycles. The van der Waals surface area contributed by atoms with E-state index in [1.54, 1.807) is 0 Å². The Morgan fingerprint density at radius 1 is 1.04 bits per heavy atom. The van der Waals surface area contributed by atoms with Crippen LogP contribution in [0.25, 0.3) is 0 Å². The molecule has 0 spiro atoms. The first kappa shape index (κ1) is 19.0. The second-order valence-electron chi connectivity index (χ2n) is 4.90. The molecule has 4 N–H and O–H groups in total. The Hall–Kier alpha value is -2.29. The van der Waals surface area contributed by atoms with Gasteiger partial charge in [0.05, 0.1) is 22.0 Å². The molecule has 0 heterocycles. The number of anilines is 1. The molecule has 10 heteroatoms. The lowest BCUT2D eigenvalue weighted by Gasteiger charge is -2.11. The Kier molecular flexibility index (Phi) is 5.89. The van der Waals surface area contributed by atoms with Gasteiger partial charge in [-0.3, -0.25) is 14.3 Å². The van der Waals surface area contributed by atoms with Crippen molar-refractivity contribution >= 4 is 50.7 Å². The summed E-state index contributed by atoms with van der Waals surface area (Å²) in [6, 6.07) is 9.69. The molecule has 0 saturated heterocycles. The van der Waals surface area contributed by atoms with E-state index in [2.05, 4.69) is 10.0 Å². The van der Waals surface area contributed by atoms with Gasteiger partial charge in [0.2, 0.25) is 5.91 Å². The van der Waals surface area contributed by atoms with Crippen LogP contribution < -0.4 is 15.8 Å². The first-order chi connectivity index (χ1) is 11.7. The summed E-state index contributed by atoms with van der Waals surface area (Å²) in [6.07, 6.45) is 0. The number of carbonyl (C=O) groups is 2. The summed E-state index contributed by atoms with van der Waals surface area (Å²) in [7, 11) is -3.95. The van der Waals surface area contributed by atoms with Gasteiger partial charge < -0.3 is 11.1 Å². The van der Waals surface area contributed by atoms with Crippen molar-refractivity contribution in [3.8, 4) is 0 Å². The van der Waals surface area contributed by atoms with Crippen LogP contribution in [0, 0.1) is 0 Å². The molecule has 25 heavy (non-hydrogen) atoms. The molecule has 0 saturated carbocycles. The van der Waals surface area contributed by atoms with E-state index in [1.807, 2.05) is 0 Å². The average Bonchev–Trinajstić information content (AvgIpc) is 2.54. The first-order valence-electron chi connectivity index (χ1n) is 6.83. The third-order valence-corrected chi connectivity index (χ3v) is 4.97. The molecule has 0 atom stereocenters. The Balaban J connectivity index is 2.29. The van der Waals surface area contributed by atoms with Crippen LogP contribution in [0.4, 0.5) is 5.69 Å². The highest BCUT2D eigenvalue weighted by atomic mass is 35.5. The number of hydrogen-bond acceptors (Lipinski definition) is 4. The van der Waals surface area contributed by atoms with Gasteiger partial charge in [-0.15, -0.1) is 0 Å². The minimum Gasteiger partial charge on any atom is -0.368 e. The zero-order chi connectivity index (χ0) is 18.6. The van der Waals surface area contributed by atoms with E-state index in [0.717, 1.165) is 6.07 Å². The Morgan fingerprint density at radius 3 is 2.28 bits per heavy atom. The van der Waals surface area contributed by atoms with E-state index in [-0.39, 0.29) is 15.5 Å². The molecule has 0 aromatic heterocycles. The molecule has 0 fully saturated rings. The van der Waals surface area contributed by atoms with Gasteiger partial charge >= 0.3 is 0 Å². The van der Waals surface area contributed by atoms with Crippen molar-refractivity contribution in [2.45, 2.75) is 4.90 Å². The third kappa shape index (κ3) is 5.09. The van der Waals surface area contributed by atoms with Crippen LogP contribution in [0.5, 0.6) is 0 Å². The van der Waals surface area contributed by atoms with Crippen LogP contribution in [0.15, 0.2) is 47.4 Å². The van der Waals surface area contributed by atoms with Gasteiger partial charge in [0, 0.05) is 10.7 Å². The lowest BCUT2D eigenvalue weighted by Crippen LogP contribution is -2.33. The van der Waals surface area contributed by atoms with Gasteiger partial charge in [-0.05, 0) is 42.5 Å². The minimum atomic E-state index is -3.95. The second-order valence-corrected chi connectivity index (χ2v) is 7.43. The van der Waals surface area contributed by atoms with Crippen molar-refractivity contribution in [3.63, 3.8) is 0 Å². The van der Waals surface area contributed by atoms with E-state index in [0.29, 0.717) is 10.7 Å². The molecule has 2 aromatic rings. The zero-order valence-electron chi connectivity index (χ0n) is 12.6. The van der Waals surface area contributed by atoms with Crippen LogP contribution in [-0.2, 0) is 14.8 Å². The van der Waals surface area contributed by atoms with Crippen molar-refractivity contribution in [1.29, 1.82) is 0 Å². The number of primary amides is 1. The maximum absolute atomic E-state index is 12.4. The molecule has 0 aliphatic rings. The van der Waals surface area contributed by atoms with E-state index in [1.165, 1.54) is 36.4 Å². The van der Waals surface area contributed by atoms with Gasteiger partial charge in [-0.2, -0.15) is 0 Å². The summed E-state index contributed by atoms with van der Waals surface area (Å²) in [6.45, 7) is -0.394. The second kappa shape index (κ2) is 7.73. The van der Waals surface area contributed by atoms with E-state index >= 15 is 0 Å². The van der Waals surface area contributed by atoms with Crippen molar-refractivity contribution in [3.05, 3.63) is 58.1 Å². The molecule has 0 radical (unpaired) electrons. The fourth-order valence-corrected chi connectivity index (χ4v) is 3.25. The van der Waals surface area contributed by atoms with Crippen molar-refractivity contribution in [2.75, 3.05) is 11.3 Å². The molecule has 132 valence electrons. The number of rotatable bonds is 6. The van der Waals surface area contributed by atoms with Crippen molar-refractivity contribution < 1.29 is 18.0 Å². The monoisotopic (exact) mass is 401 g/mol. The molecular formula is C15H13Cl2N3O4S. The fourth-order valence-electron chi connectivity index (χ4n) is 1.84. The van der Waals surface area contributed by atoms with Gasteiger partial charge in [0.25, 0.3) is 15.9 Å². The number of sulfonamides is 1. The summed E-state index contributed by atoms with van der Waals surface area (Å²) < 4.78 is 27.3. The molecular weight excluding hydrogens is 389 g/mol. The number of amides is 2. The standard InChI is InChI=1S/C15H13Cl2N3O4S/c16-9-1-3-10(4-2-9)20-25(23,24)11-5-6-13(17)12(7-11)15(22)19-8-14(18)21/h1-7,20H,8H2,(H2,18,21)(H,19,22). The van der Waals surface area contributed by atoms with Gasteiger partial charge in [-0.25, -0.2) is 8.42 Å². The lowest BCUT2D eigenvalue weighted by atomic mass is 10.2. The Labute approximate surface area is 154 Å². The molecule has 7 nitrogen and oxygen atoms in total. The highest BCUT2D eigenvalue weighted by Gasteiger charge is 2.19. The summed E-state index contributed by atoms with van der Waals surface area (Å²) >= 11 is 11.7. The van der Waals surface area contributed by atoms with E-state index in [9.17, 15) is 18.0 Å². The van der Waals surface area contributed by atoms with Crippen LogP contribution in [0.1, 0.15) is 10.4 Å². The van der Waals surface area contributed by atoms with Gasteiger partial charge in [0.15, 0.2) is 0 Å². The third-order valence-electron chi connectivity index (χ3n) is 3.01. The number of benzene rings is 2. The quantitative estimate of drug-likeness (QED) is 0.685. The van der Waals surface area contributed by atoms with Crippen molar-refractivity contribution in [1.82, 2.24) is 5.32 Å². The maximum atomic E-state index is 12.4. The highest BCUT2D eigenvalue weighted by molar-refractivity contribution is 7.92. The smallest absolute Gasteiger partial charge is 0.261 e. The Bertz CT molecular complexity index is 915. The highest BCUT2D eigenvalue weighted by Crippen LogP contribution is 2.23. The number of nitrogens with two attached hydrogens (primary N) is 1. The number of nitrogens with one attached hydrogen (secondary N) is 2. The Morgan fingerprint density at radius 2 is 1.68 bits per heavy atom. The van der Waals surface area contributed by atoms with Gasteiger partial charge in [-0.1, -0.05) is 23.2 Å². The summed E-state index contributed by atoms with van der Waals surface area (Å²) in [4.78, 5) is 22.6. The largest absolute Gasteiger partial charge is 0.368 e. The molecule has 0 unspecified atom stereocenters. The van der Waals surface area contributed by atoms with Crippen LogP contribution in [0.3, 0.4) is 0 Å². The van der Waals surface area contributed by atoms with E-state index < -0.39 is 28.4 Å². The molecule has 0 aliphatic carbocycles. The predicted octanol–water partition coefficient (Wildman–Crippen LogP) is 2.01. The summed E-state index contributed by atoms with van der Waals surface area (Å²) in [5, 5.41) is 2.74. The first-order valence-corrected chi connectivity index (χ1v) is 9.07. The SMILES string of the molecule is NC(=O)CNC(=O)c1cc(S(=O)(=O)Nc2ccc(Cl)cc2)ccc1Cl. The predicted molar refractivity (Wildman–Crippen MR) is 95.2 cm³/mol. The van der Waals surface area contributed by atoms with Crippen LogP contribution in [0.2, 0.25) is 10.0 Å². The summed E-state index contributed by atoms with van der Waals surface area (Å²) in [5.74, 6) is -1.45. The number of halogens is 2. The van der Waals surface area contributed by atoms with Crippen LogP contribution in [-0.4, -0.2) is 26.8 Å². The molecule has 2 aromatic carbocycles. The van der Waals surface area contributed by atoms with Crippen molar-refractivity contribution in [2.24, 2.45) is 5.73 Å². The lowest BCUT2D eigenvalue weighted by molar-refractivity contribution is -0.117. The fraction of sp³-hybridized carbons (Fsp3) is 0.0667. The van der Waals surface area contributed by atoms with Crippen LogP contribution >= 0.6 is 23.2 Å². The normalized spacial score (nSPS) is 11.0. The van der Waals surface area contributed by atoms with Gasteiger partial charge in [0.1, 0.15) is 0 Å².